The molecule has 1 N–H and O–H groups in total. The lowest BCUT2D eigenvalue weighted by Gasteiger charge is -2.29. The zero-order chi connectivity index (χ0) is 12.5. The summed E-state index contributed by atoms with van der Waals surface area (Å²) >= 11 is 0. The van der Waals surface area contributed by atoms with Crippen LogP contribution in [0.3, 0.4) is 0 Å². The van der Waals surface area contributed by atoms with E-state index < -0.39 is 0 Å². The first-order chi connectivity index (χ1) is 8.79. The second-order valence-corrected chi connectivity index (χ2v) is 5.58. The smallest absolute Gasteiger partial charge is 0.0627 e. The molecule has 4 nitrogen and oxygen atoms in total. The lowest BCUT2D eigenvalue weighted by molar-refractivity contribution is 0.0850. The van der Waals surface area contributed by atoms with Crippen LogP contribution >= 0.6 is 0 Å². The van der Waals surface area contributed by atoms with Gasteiger partial charge in [-0.2, -0.15) is 5.10 Å². The Bertz CT molecular complexity index is 403. The molecule has 3 heterocycles. The van der Waals surface area contributed by atoms with Crippen molar-refractivity contribution in [1.82, 2.24) is 15.1 Å². The molecule has 18 heavy (non-hydrogen) atoms. The number of fused-ring (bicyclic) bond motifs is 2. The normalized spacial score (nSPS) is 32.0. The van der Waals surface area contributed by atoms with Crippen LogP contribution in [0.25, 0.3) is 0 Å². The Morgan fingerprint density at radius 2 is 2.44 bits per heavy atom. The van der Waals surface area contributed by atoms with Gasteiger partial charge in [0, 0.05) is 19.2 Å². The van der Waals surface area contributed by atoms with Gasteiger partial charge in [0.2, 0.25) is 0 Å². The highest BCUT2D eigenvalue weighted by Crippen LogP contribution is 2.44. The van der Waals surface area contributed by atoms with Gasteiger partial charge in [0.05, 0.1) is 23.9 Å². The molecule has 3 rings (SSSR count). The van der Waals surface area contributed by atoms with Gasteiger partial charge in [-0.3, -0.25) is 4.68 Å². The molecule has 1 aromatic heterocycles. The summed E-state index contributed by atoms with van der Waals surface area (Å²) in [4.78, 5) is 0. The standard InChI is InChI=1S/C14H23N3O/c1-3-7-15-14(12-6-8-16-17(12)2)11-9-10-4-5-13(11)18-10/h6,8,10-11,13-15H,3-5,7,9H2,1-2H3. The summed E-state index contributed by atoms with van der Waals surface area (Å²) in [5.74, 6) is 0.616. The Kier molecular flexibility index (Phi) is 3.39. The predicted molar refractivity (Wildman–Crippen MR) is 70.2 cm³/mol. The maximum atomic E-state index is 6.01. The highest BCUT2D eigenvalue weighted by molar-refractivity contribution is 5.11. The fourth-order valence-electron chi connectivity index (χ4n) is 3.49. The maximum absolute atomic E-state index is 6.01. The first kappa shape index (κ1) is 12.2. The van der Waals surface area contributed by atoms with Crippen LogP contribution in [0, 0.1) is 5.92 Å². The highest BCUT2D eigenvalue weighted by atomic mass is 16.5. The van der Waals surface area contributed by atoms with Gasteiger partial charge >= 0.3 is 0 Å². The molecule has 4 atom stereocenters. The monoisotopic (exact) mass is 249 g/mol. The first-order valence-electron chi connectivity index (χ1n) is 7.16. The molecule has 1 aromatic rings. The average Bonchev–Trinajstić information content (AvgIpc) is 3.07. The molecule has 0 amide bonds. The van der Waals surface area contributed by atoms with Crippen LogP contribution in [-0.4, -0.2) is 28.5 Å². The van der Waals surface area contributed by atoms with E-state index in [1.165, 1.54) is 25.0 Å². The molecule has 0 radical (unpaired) electrons. The van der Waals surface area contributed by atoms with E-state index >= 15 is 0 Å². The van der Waals surface area contributed by atoms with Gasteiger partial charge in [-0.1, -0.05) is 6.92 Å². The summed E-state index contributed by atoms with van der Waals surface area (Å²) in [7, 11) is 2.03. The number of ether oxygens (including phenoxy) is 1. The van der Waals surface area contributed by atoms with Crippen molar-refractivity contribution < 1.29 is 4.74 Å². The van der Waals surface area contributed by atoms with Gasteiger partial charge in [0.15, 0.2) is 0 Å². The summed E-state index contributed by atoms with van der Waals surface area (Å²) in [5.41, 5.74) is 1.30. The van der Waals surface area contributed by atoms with Gasteiger partial charge in [-0.25, -0.2) is 0 Å². The third-order valence-corrected chi connectivity index (χ3v) is 4.37. The number of aromatic nitrogens is 2. The summed E-state index contributed by atoms with van der Waals surface area (Å²) in [6.07, 6.45) is 7.72. The van der Waals surface area contributed by atoms with Gasteiger partial charge in [0.1, 0.15) is 0 Å². The zero-order valence-corrected chi connectivity index (χ0v) is 11.3. The number of nitrogens with one attached hydrogen (secondary N) is 1. The van der Waals surface area contributed by atoms with E-state index in [1.54, 1.807) is 0 Å². The number of hydrogen-bond donors (Lipinski definition) is 1. The topological polar surface area (TPSA) is 39.1 Å². The first-order valence-corrected chi connectivity index (χ1v) is 7.16. The summed E-state index contributed by atoms with van der Waals surface area (Å²) in [6, 6.07) is 2.53. The Morgan fingerprint density at radius 1 is 1.56 bits per heavy atom. The molecule has 4 unspecified atom stereocenters. The molecular formula is C14H23N3O. The van der Waals surface area contributed by atoms with Crippen LogP contribution in [0.2, 0.25) is 0 Å². The number of hydrogen-bond acceptors (Lipinski definition) is 3. The summed E-state index contributed by atoms with van der Waals surface area (Å²) in [5, 5.41) is 8.01. The van der Waals surface area contributed by atoms with E-state index in [0.29, 0.717) is 24.2 Å². The third kappa shape index (κ3) is 2.08. The Hall–Kier alpha value is -0.870. The molecule has 100 valence electrons. The van der Waals surface area contributed by atoms with Crippen LogP contribution < -0.4 is 5.32 Å². The van der Waals surface area contributed by atoms with Crippen LogP contribution in [0.5, 0.6) is 0 Å². The quantitative estimate of drug-likeness (QED) is 0.868. The van der Waals surface area contributed by atoms with E-state index in [1.807, 2.05) is 17.9 Å². The van der Waals surface area contributed by atoms with E-state index in [-0.39, 0.29) is 0 Å². The van der Waals surface area contributed by atoms with Gasteiger partial charge in [-0.05, 0) is 38.3 Å². The van der Waals surface area contributed by atoms with Crippen molar-refractivity contribution in [3.05, 3.63) is 18.0 Å². The van der Waals surface area contributed by atoms with Crippen LogP contribution in [-0.2, 0) is 11.8 Å². The highest BCUT2D eigenvalue weighted by Gasteiger charge is 2.45. The summed E-state index contributed by atoms with van der Waals surface area (Å²) in [6.45, 7) is 3.27. The molecule has 2 aliphatic rings. The van der Waals surface area contributed by atoms with Crippen molar-refractivity contribution in [2.24, 2.45) is 13.0 Å². The molecule has 0 saturated carbocycles. The lowest BCUT2D eigenvalue weighted by atomic mass is 9.82. The molecule has 2 fully saturated rings. The Morgan fingerprint density at radius 3 is 3.00 bits per heavy atom. The average molecular weight is 249 g/mol. The largest absolute Gasteiger partial charge is 0.375 e. The van der Waals surface area contributed by atoms with Crippen molar-refractivity contribution in [2.75, 3.05) is 6.54 Å². The Balaban J connectivity index is 1.79. The number of rotatable bonds is 5. The molecule has 2 aliphatic heterocycles. The second kappa shape index (κ2) is 5.02. The molecule has 0 spiro atoms. The minimum absolute atomic E-state index is 0.396. The predicted octanol–water partition coefficient (Wildman–Crippen LogP) is 2.03. The number of aryl methyl sites for hydroxylation is 1. The molecule has 0 aromatic carbocycles. The van der Waals surface area contributed by atoms with Crippen molar-refractivity contribution in [1.29, 1.82) is 0 Å². The number of nitrogens with zero attached hydrogens (tertiary/aromatic N) is 2. The molecule has 2 saturated heterocycles. The minimum atomic E-state index is 0.396. The van der Waals surface area contributed by atoms with Crippen LogP contribution in [0.15, 0.2) is 12.3 Å². The van der Waals surface area contributed by atoms with Gasteiger partial charge in [0.25, 0.3) is 0 Å². The van der Waals surface area contributed by atoms with E-state index in [9.17, 15) is 0 Å². The van der Waals surface area contributed by atoms with Crippen LogP contribution in [0.4, 0.5) is 0 Å². The SMILES string of the molecule is CCCNC(c1ccnn1C)C1CC2CCC1O2. The van der Waals surface area contributed by atoms with Crippen molar-refractivity contribution >= 4 is 0 Å². The zero-order valence-electron chi connectivity index (χ0n) is 11.3. The lowest BCUT2D eigenvalue weighted by Crippen LogP contribution is -2.35. The van der Waals surface area contributed by atoms with E-state index in [2.05, 4.69) is 23.4 Å². The van der Waals surface area contributed by atoms with Crippen molar-refractivity contribution in [3.63, 3.8) is 0 Å². The van der Waals surface area contributed by atoms with Gasteiger partial charge < -0.3 is 10.1 Å². The molecule has 2 bridgehead atoms. The molecule has 0 aliphatic carbocycles. The fourth-order valence-corrected chi connectivity index (χ4v) is 3.49. The van der Waals surface area contributed by atoms with Crippen molar-refractivity contribution in [2.45, 2.75) is 50.9 Å². The van der Waals surface area contributed by atoms with Crippen LogP contribution in [0.1, 0.15) is 44.3 Å². The minimum Gasteiger partial charge on any atom is -0.375 e. The maximum Gasteiger partial charge on any atom is 0.0627 e. The van der Waals surface area contributed by atoms with E-state index in [0.717, 1.165) is 13.0 Å². The fraction of sp³-hybridized carbons (Fsp3) is 0.786. The van der Waals surface area contributed by atoms with Crippen molar-refractivity contribution in [3.8, 4) is 0 Å². The Labute approximate surface area is 109 Å². The van der Waals surface area contributed by atoms with E-state index in [4.69, 9.17) is 4.74 Å². The van der Waals surface area contributed by atoms with Gasteiger partial charge in [-0.15, -0.1) is 0 Å². The third-order valence-electron chi connectivity index (χ3n) is 4.37. The molecular weight excluding hydrogens is 226 g/mol. The molecule has 4 heteroatoms. The summed E-state index contributed by atoms with van der Waals surface area (Å²) < 4.78 is 8.01. The second-order valence-electron chi connectivity index (χ2n) is 5.58.